The molecule has 3 aromatic rings. The summed E-state index contributed by atoms with van der Waals surface area (Å²) in [6.45, 7) is 4.92. The maximum atomic E-state index is 12.6. The number of carboxylic acid groups (broad SMARTS) is 1. The number of carboxylic acids is 1. The van der Waals surface area contributed by atoms with E-state index in [0.717, 1.165) is 6.07 Å². The number of benzene rings is 3. The van der Waals surface area contributed by atoms with E-state index >= 15 is 0 Å². The Morgan fingerprint density at radius 2 is 1.33 bits per heavy atom. The quantitative estimate of drug-likeness (QED) is 0.0827. The van der Waals surface area contributed by atoms with Gasteiger partial charge in [-0.05, 0) is 81.3 Å². The van der Waals surface area contributed by atoms with Gasteiger partial charge in [-0.3, -0.25) is 22.8 Å². The number of hydrogen-bond acceptors (Lipinski definition) is 12. The number of rotatable bonds is 17. The van der Waals surface area contributed by atoms with Gasteiger partial charge in [0.1, 0.15) is 11.4 Å². The summed E-state index contributed by atoms with van der Waals surface area (Å²) >= 11 is 0. The molecule has 24 heteroatoms. The lowest BCUT2D eigenvalue weighted by Gasteiger charge is -2.31. The van der Waals surface area contributed by atoms with Gasteiger partial charge in [-0.2, -0.15) is 46.7 Å². The molecular weight excluding hydrogens is 893 g/mol. The van der Waals surface area contributed by atoms with E-state index in [-0.39, 0.29) is 72.1 Å². The summed E-state index contributed by atoms with van der Waals surface area (Å²) in [7, 11) is -23.7. The minimum atomic E-state index is -5.16. The van der Waals surface area contributed by atoms with Gasteiger partial charge in [0.15, 0.2) is 5.71 Å². The van der Waals surface area contributed by atoms with Crippen molar-refractivity contribution in [1.29, 1.82) is 0 Å². The number of carbonyl (C=O) groups is 1. The van der Waals surface area contributed by atoms with Gasteiger partial charge in [-0.15, -0.1) is 0 Å². The van der Waals surface area contributed by atoms with Gasteiger partial charge in [0.25, 0.3) is 50.6 Å². The lowest BCUT2D eigenvalue weighted by Crippen LogP contribution is -2.31. The first-order valence-corrected chi connectivity index (χ1v) is 25.7. The predicted molar refractivity (Wildman–Crippen MR) is 219 cm³/mol. The molecule has 1 atom stereocenters. The Kier molecular flexibility index (Phi) is 12.8. The van der Waals surface area contributed by atoms with Crippen molar-refractivity contribution < 1.29 is 79.3 Å². The Bertz CT molecular complexity index is 2960. The Morgan fingerprint density at radius 3 is 1.90 bits per heavy atom. The average Bonchev–Trinajstić information content (AvgIpc) is 3.45. The number of allylic oxidation sites excluding steroid dienone is 4. The Labute approximate surface area is 347 Å². The van der Waals surface area contributed by atoms with Crippen LogP contribution in [-0.4, -0.2) is 117 Å². The molecule has 2 aliphatic rings. The van der Waals surface area contributed by atoms with Gasteiger partial charge in [-0.1, -0.05) is 18.2 Å². The molecule has 6 N–H and O–H groups in total. The number of hydrogen-bond donors (Lipinski definition) is 6. The molecule has 0 amide bonds. The van der Waals surface area contributed by atoms with E-state index in [9.17, 15) is 74.8 Å². The third-order valence-electron chi connectivity index (χ3n) is 10.6. The average molecular weight is 936 g/mol. The second kappa shape index (κ2) is 16.3. The zero-order valence-corrected chi connectivity index (χ0v) is 36.3. The molecule has 2 aliphatic heterocycles. The lowest BCUT2D eigenvalue weighted by atomic mass is 9.75. The zero-order chi connectivity index (χ0) is 45.0. The van der Waals surface area contributed by atoms with Crippen molar-refractivity contribution in [2.75, 3.05) is 35.2 Å². The van der Waals surface area contributed by atoms with Crippen LogP contribution < -0.4 is 4.90 Å². The highest BCUT2D eigenvalue weighted by Crippen LogP contribution is 2.54. The fraction of sp³-hybridized carbons (Fsp3) is 0.389. The van der Waals surface area contributed by atoms with E-state index in [1.807, 2.05) is 0 Å². The Morgan fingerprint density at radius 1 is 0.733 bits per heavy atom. The van der Waals surface area contributed by atoms with Crippen molar-refractivity contribution in [1.82, 2.24) is 0 Å². The first-order chi connectivity index (χ1) is 27.4. The molecule has 0 saturated carbocycles. The highest BCUT2D eigenvalue weighted by Gasteiger charge is 2.48. The van der Waals surface area contributed by atoms with Crippen molar-refractivity contribution in [3.8, 4) is 0 Å². The maximum absolute atomic E-state index is 12.6. The van der Waals surface area contributed by atoms with Crippen molar-refractivity contribution in [2.45, 2.75) is 67.1 Å². The van der Waals surface area contributed by atoms with Gasteiger partial charge < -0.3 is 10.0 Å². The molecular formula is C36H43N2O17S5+. The largest absolute Gasteiger partial charge is 0.478 e. The molecule has 0 saturated heterocycles. The summed E-state index contributed by atoms with van der Waals surface area (Å²) in [6.07, 6.45) is 4.01. The second-order valence-corrected chi connectivity index (χ2v) is 22.7. The van der Waals surface area contributed by atoms with E-state index in [2.05, 4.69) is 0 Å². The SMILES string of the molecule is CC1(C)C(/C=C/C=C2/N(CCCS(=O)(=O)O)c3ccc4c(S(=O)(=O)O)cc(S(=O)(=O)O)cc4c3C2(C)CCCS(=O)(=O)O)=[N+](CCCS(=O)(=O)O)c2cccc(C(=O)O)c21. The van der Waals surface area contributed by atoms with Crippen molar-refractivity contribution in [2.24, 2.45) is 0 Å². The van der Waals surface area contributed by atoms with Crippen molar-refractivity contribution in [3.63, 3.8) is 0 Å². The fourth-order valence-electron chi connectivity index (χ4n) is 8.24. The summed E-state index contributed by atoms with van der Waals surface area (Å²) in [4.78, 5) is 12.2. The molecule has 328 valence electrons. The van der Waals surface area contributed by atoms with Crippen LogP contribution in [0.2, 0.25) is 0 Å². The number of fused-ring (bicyclic) bond motifs is 4. The molecule has 0 bridgehead atoms. The molecule has 0 fully saturated rings. The third kappa shape index (κ3) is 9.98. The van der Waals surface area contributed by atoms with Crippen molar-refractivity contribution in [3.05, 3.63) is 83.1 Å². The standard InChI is InChI=1S/C36H42N2O17S5/c1-35(2)30(37(16-7-19-57(44,45)46)27-10-4-9-25(32(27)35)34(39)40)11-5-12-31-36(3,15-6-18-56(41,42)43)33-26-21-23(59(50,51)52)22-29(60(53,54)55)24(26)13-14-28(33)38(31)17-8-20-58(47,48)49/h4-5,9-14,21-22H,6-8,15-20H2,1-3H3,(H5-,39,40,41,42,43,44,45,46,47,48,49,50,51,52,53,54,55)/p+1. The maximum Gasteiger partial charge on any atom is 0.336 e. The van der Waals surface area contributed by atoms with E-state index in [0.29, 0.717) is 23.0 Å². The van der Waals surface area contributed by atoms with Crippen LogP contribution >= 0.6 is 0 Å². The zero-order valence-electron chi connectivity index (χ0n) is 32.2. The first-order valence-electron chi connectivity index (χ1n) is 18.0. The minimum absolute atomic E-state index is 0.00821. The second-order valence-electron chi connectivity index (χ2n) is 15.2. The number of aromatic carboxylic acids is 1. The van der Waals surface area contributed by atoms with Crippen LogP contribution in [0.4, 0.5) is 11.4 Å². The molecule has 2 heterocycles. The smallest absolute Gasteiger partial charge is 0.336 e. The lowest BCUT2D eigenvalue weighted by molar-refractivity contribution is -0.437. The monoisotopic (exact) mass is 935 g/mol. The third-order valence-corrected chi connectivity index (χ3v) is 14.7. The van der Waals surface area contributed by atoms with E-state index in [4.69, 9.17) is 0 Å². The highest BCUT2D eigenvalue weighted by molar-refractivity contribution is 7.87. The van der Waals surface area contributed by atoms with Crippen LogP contribution in [0.25, 0.3) is 10.8 Å². The molecule has 19 nitrogen and oxygen atoms in total. The van der Waals surface area contributed by atoms with Crippen LogP contribution in [0.3, 0.4) is 0 Å². The van der Waals surface area contributed by atoms with Crippen LogP contribution in [-0.2, 0) is 61.4 Å². The fourth-order valence-corrected chi connectivity index (χ4v) is 11.1. The minimum Gasteiger partial charge on any atom is -0.478 e. The number of anilines is 1. The van der Waals surface area contributed by atoms with Gasteiger partial charge >= 0.3 is 5.97 Å². The summed E-state index contributed by atoms with van der Waals surface area (Å²) in [5.41, 5.74) is -0.509. The Hall–Kier alpha value is -4.11. The van der Waals surface area contributed by atoms with Gasteiger partial charge in [0, 0.05) is 47.3 Å². The van der Waals surface area contributed by atoms with Crippen molar-refractivity contribution >= 4 is 84.4 Å². The van der Waals surface area contributed by atoms with Gasteiger partial charge in [0.2, 0.25) is 5.69 Å². The molecule has 0 aliphatic carbocycles. The van der Waals surface area contributed by atoms with E-state index in [1.54, 1.807) is 48.5 Å². The summed E-state index contributed by atoms with van der Waals surface area (Å²) in [5, 5.41) is 9.78. The van der Waals surface area contributed by atoms with Crippen LogP contribution in [0.1, 0.15) is 67.9 Å². The molecule has 0 aromatic heterocycles. The Balaban J connectivity index is 1.81. The highest BCUT2D eigenvalue weighted by atomic mass is 32.2. The van der Waals surface area contributed by atoms with Crippen LogP contribution in [0.5, 0.6) is 0 Å². The molecule has 0 radical (unpaired) electrons. The molecule has 3 aromatic carbocycles. The molecule has 60 heavy (non-hydrogen) atoms. The summed E-state index contributed by atoms with van der Waals surface area (Å²) < 4.78 is 171. The molecule has 1 unspecified atom stereocenters. The molecule has 0 spiro atoms. The van der Waals surface area contributed by atoms with E-state index < -0.39 is 94.4 Å². The van der Waals surface area contributed by atoms with Crippen LogP contribution in [0.15, 0.2) is 76.2 Å². The van der Waals surface area contributed by atoms with E-state index in [1.165, 1.54) is 30.3 Å². The van der Waals surface area contributed by atoms with Gasteiger partial charge in [0.05, 0.1) is 38.7 Å². The molecule has 5 rings (SSSR count). The number of nitrogens with zero attached hydrogens (tertiary/aromatic N) is 2. The summed E-state index contributed by atoms with van der Waals surface area (Å²) in [5.74, 6) is -3.31. The van der Waals surface area contributed by atoms with Crippen LogP contribution in [0, 0.1) is 0 Å². The van der Waals surface area contributed by atoms with Gasteiger partial charge in [-0.25, -0.2) is 4.79 Å². The summed E-state index contributed by atoms with van der Waals surface area (Å²) in [6, 6.07) is 8.77. The topological polar surface area (TPSA) is 315 Å². The predicted octanol–water partition coefficient (Wildman–Crippen LogP) is 3.85. The first kappa shape index (κ1) is 46.9. The normalized spacial score (nSPS) is 19.1.